The molecule has 1 aliphatic heterocycles. The number of piperidine rings is 1. The van der Waals surface area contributed by atoms with E-state index in [1.807, 2.05) is 0 Å². The number of likely N-dealkylation sites (tertiary alicyclic amines) is 1. The van der Waals surface area contributed by atoms with Gasteiger partial charge in [0.25, 0.3) is 12.4 Å². The first kappa shape index (κ1) is 22.8. The van der Waals surface area contributed by atoms with E-state index < -0.39 is 23.3 Å². The second-order valence-electron chi connectivity index (χ2n) is 6.87. The number of carbonyl (C=O) groups excluding carboxylic acids is 1. The molecule has 9 nitrogen and oxygen atoms in total. The number of carboxylic acid groups (broad SMARTS) is 2. The lowest BCUT2D eigenvalue weighted by atomic mass is 9.72. The van der Waals surface area contributed by atoms with Gasteiger partial charge in [0, 0.05) is 19.3 Å². The van der Waals surface area contributed by atoms with E-state index >= 15 is 0 Å². The smallest absolute Gasteiger partial charge is 0.314 e. The number of anilines is 1. The van der Waals surface area contributed by atoms with Gasteiger partial charge in [0.2, 0.25) is 0 Å². The Morgan fingerprint density at radius 2 is 1.90 bits per heavy atom. The second-order valence-corrected chi connectivity index (χ2v) is 6.87. The van der Waals surface area contributed by atoms with Gasteiger partial charge >= 0.3 is 5.97 Å². The first-order valence-electron chi connectivity index (χ1n) is 8.98. The Bertz CT molecular complexity index is 890. The van der Waals surface area contributed by atoms with Crippen LogP contribution in [0.5, 0.6) is 0 Å². The molecule has 0 unspecified atom stereocenters. The number of nitrogens with two attached hydrogens (primary N) is 1. The van der Waals surface area contributed by atoms with E-state index in [0.29, 0.717) is 11.1 Å². The van der Waals surface area contributed by atoms with Gasteiger partial charge in [0.05, 0.1) is 11.7 Å². The van der Waals surface area contributed by atoms with E-state index in [4.69, 9.17) is 15.6 Å². The molecule has 1 saturated heterocycles. The quantitative estimate of drug-likeness (QED) is 0.536. The zero-order valence-electron chi connectivity index (χ0n) is 15.9. The van der Waals surface area contributed by atoms with Crippen LogP contribution in [0.4, 0.5) is 10.2 Å². The van der Waals surface area contributed by atoms with Crippen LogP contribution in [0.2, 0.25) is 0 Å². The fraction of sp³-hybridized carbons (Fsp3) is 0.300. The van der Waals surface area contributed by atoms with Gasteiger partial charge in [-0.15, -0.1) is 0 Å². The average molecular weight is 419 g/mol. The lowest BCUT2D eigenvalue weighted by Crippen LogP contribution is -2.58. The summed E-state index contributed by atoms with van der Waals surface area (Å²) < 4.78 is 13.1. The van der Waals surface area contributed by atoms with Gasteiger partial charge in [0.1, 0.15) is 17.1 Å². The van der Waals surface area contributed by atoms with Crippen molar-refractivity contribution in [1.82, 2.24) is 9.88 Å². The molecule has 2 heterocycles. The number of hydrogen-bond donors (Lipinski definition) is 4. The molecular weight excluding hydrogens is 397 g/mol. The molecular formula is C20H22FN3O6. The molecule has 160 valence electrons. The molecule has 1 amide bonds. The first-order chi connectivity index (χ1) is 14.2. The number of hydrogen-bond acceptors (Lipinski definition) is 6. The Kier molecular flexibility index (Phi) is 7.43. The number of pyridine rings is 1. The number of halogens is 1. The van der Waals surface area contributed by atoms with Gasteiger partial charge in [-0.1, -0.05) is 12.1 Å². The fourth-order valence-corrected chi connectivity index (χ4v) is 3.39. The van der Waals surface area contributed by atoms with Gasteiger partial charge < -0.3 is 26.0 Å². The van der Waals surface area contributed by atoms with Gasteiger partial charge in [-0.25, -0.2) is 9.37 Å². The number of nitrogens with zero attached hydrogens (tertiary/aromatic N) is 2. The fourth-order valence-electron chi connectivity index (χ4n) is 3.39. The standard InChI is InChI=1S/C19H20FN3O4.CH2O2/c20-14-4-1-12(2-5-14)9-19(18(26)27)11-23(8-7-15(19)24)17(25)13-3-6-16(21)22-10-13;2-1-3/h1-6,10,15,24H,7-9,11H2,(H2,21,22)(H,26,27);1H,(H,2,3)/t15-,19+;/m0./s1. The Balaban J connectivity index is 0.00000101. The van der Waals surface area contributed by atoms with E-state index in [9.17, 15) is 24.2 Å². The van der Waals surface area contributed by atoms with Gasteiger partial charge in [-0.3, -0.25) is 14.4 Å². The molecule has 10 heteroatoms. The molecule has 0 aliphatic carbocycles. The van der Waals surface area contributed by atoms with Crippen molar-refractivity contribution in [2.45, 2.75) is 18.9 Å². The maximum Gasteiger partial charge on any atom is 0.314 e. The van der Waals surface area contributed by atoms with E-state index in [1.54, 1.807) is 0 Å². The first-order valence-corrected chi connectivity index (χ1v) is 8.98. The molecule has 2 aromatic rings. The van der Waals surface area contributed by atoms with Crippen LogP contribution in [-0.2, 0) is 16.0 Å². The summed E-state index contributed by atoms with van der Waals surface area (Å²) in [6.07, 6.45) is 0.314. The summed E-state index contributed by atoms with van der Waals surface area (Å²) >= 11 is 0. The predicted octanol–water partition coefficient (Wildman–Crippen LogP) is 1.02. The number of nitrogen functional groups attached to an aromatic ring is 1. The van der Waals surface area contributed by atoms with Crippen molar-refractivity contribution in [3.05, 3.63) is 59.5 Å². The molecule has 1 aromatic heterocycles. The molecule has 0 radical (unpaired) electrons. The predicted molar refractivity (Wildman–Crippen MR) is 104 cm³/mol. The van der Waals surface area contributed by atoms with Crippen LogP contribution in [0.1, 0.15) is 22.3 Å². The van der Waals surface area contributed by atoms with Crippen molar-refractivity contribution in [3.63, 3.8) is 0 Å². The summed E-state index contributed by atoms with van der Waals surface area (Å²) in [6, 6.07) is 8.47. The van der Waals surface area contributed by atoms with Crippen molar-refractivity contribution in [2.75, 3.05) is 18.8 Å². The van der Waals surface area contributed by atoms with Crippen LogP contribution in [-0.4, -0.2) is 62.7 Å². The van der Waals surface area contributed by atoms with Gasteiger partial charge in [0.15, 0.2) is 0 Å². The number of aliphatic carboxylic acids is 1. The third-order valence-corrected chi connectivity index (χ3v) is 4.96. The minimum Gasteiger partial charge on any atom is -0.483 e. The number of aliphatic hydroxyl groups is 1. The summed E-state index contributed by atoms with van der Waals surface area (Å²) in [6.45, 7) is -0.188. The van der Waals surface area contributed by atoms with E-state index in [2.05, 4.69) is 4.98 Å². The van der Waals surface area contributed by atoms with Crippen molar-refractivity contribution < 1.29 is 34.1 Å². The maximum atomic E-state index is 13.1. The number of aliphatic hydroxyl groups excluding tert-OH is 1. The zero-order chi connectivity index (χ0) is 22.3. The summed E-state index contributed by atoms with van der Waals surface area (Å²) in [4.78, 5) is 38.5. The zero-order valence-corrected chi connectivity index (χ0v) is 15.9. The highest BCUT2D eigenvalue weighted by atomic mass is 19.1. The topological polar surface area (TPSA) is 154 Å². The van der Waals surface area contributed by atoms with Crippen LogP contribution in [0.3, 0.4) is 0 Å². The van der Waals surface area contributed by atoms with Crippen molar-refractivity contribution in [3.8, 4) is 0 Å². The second kappa shape index (κ2) is 9.79. The van der Waals surface area contributed by atoms with E-state index in [-0.39, 0.29) is 44.1 Å². The Labute approximate surface area is 171 Å². The number of benzene rings is 1. The monoisotopic (exact) mass is 419 g/mol. The number of amides is 1. The Hall–Kier alpha value is -3.53. The largest absolute Gasteiger partial charge is 0.483 e. The normalized spacial score (nSPS) is 20.6. The molecule has 0 saturated carbocycles. The van der Waals surface area contributed by atoms with Crippen LogP contribution in [0.15, 0.2) is 42.6 Å². The highest BCUT2D eigenvalue weighted by Crippen LogP contribution is 2.35. The molecule has 30 heavy (non-hydrogen) atoms. The third-order valence-electron chi connectivity index (χ3n) is 4.96. The maximum absolute atomic E-state index is 13.1. The van der Waals surface area contributed by atoms with E-state index in [0.717, 1.165) is 0 Å². The summed E-state index contributed by atoms with van der Waals surface area (Å²) in [5.41, 5.74) is 4.82. The van der Waals surface area contributed by atoms with Crippen LogP contribution in [0.25, 0.3) is 0 Å². The van der Waals surface area contributed by atoms with Crippen molar-refractivity contribution >= 4 is 24.2 Å². The van der Waals surface area contributed by atoms with E-state index in [1.165, 1.54) is 47.5 Å². The molecule has 1 aliphatic rings. The highest BCUT2D eigenvalue weighted by Gasteiger charge is 2.50. The third kappa shape index (κ3) is 5.09. The minimum absolute atomic E-state index is 0.0203. The Morgan fingerprint density at radius 3 is 2.43 bits per heavy atom. The number of rotatable bonds is 4. The summed E-state index contributed by atoms with van der Waals surface area (Å²) in [5, 5.41) is 27.3. The molecule has 1 fully saturated rings. The summed E-state index contributed by atoms with van der Waals surface area (Å²) in [5.74, 6) is -1.73. The van der Waals surface area contributed by atoms with Crippen LogP contribution < -0.4 is 5.73 Å². The number of carbonyl (C=O) groups is 3. The SMILES string of the molecule is Nc1ccc(C(=O)N2CC[C@H](O)[C@](Cc3ccc(F)cc3)(C(=O)O)C2)cn1.O=CO. The van der Waals surface area contributed by atoms with Crippen molar-refractivity contribution in [2.24, 2.45) is 5.41 Å². The molecule has 1 aromatic carbocycles. The van der Waals surface area contributed by atoms with Gasteiger partial charge in [-0.05, 0) is 42.7 Å². The Morgan fingerprint density at radius 1 is 1.27 bits per heavy atom. The van der Waals surface area contributed by atoms with Crippen molar-refractivity contribution in [1.29, 1.82) is 0 Å². The highest BCUT2D eigenvalue weighted by molar-refractivity contribution is 5.94. The molecule has 0 spiro atoms. The van der Waals surface area contributed by atoms with Crippen LogP contribution in [0, 0.1) is 11.2 Å². The number of aromatic nitrogens is 1. The molecule has 5 N–H and O–H groups in total. The average Bonchev–Trinajstić information content (AvgIpc) is 2.72. The summed E-state index contributed by atoms with van der Waals surface area (Å²) in [7, 11) is 0. The minimum atomic E-state index is -1.58. The molecule has 3 rings (SSSR count). The lowest BCUT2D eigenvalue weighted by Gasteiger charge is -2.43. The lowest BCUT2D eigenvalue weighted by molar-refractivity contribution is -0.161. The van der Waals surface area contributed by atoms with Gasteiger partial charge in [-0.2, -0.15) is 0 Å². The van der Waals surface area contributed by atoms with Crippen LogP contribution >= 0.6 is 0 Å². The number of carboxylic acids is 1. The molecule has 2 atom stereocenters. The molecule has 0 bridgehead atoms.